The number of nitrogens with zero attached hydrogens (tertiary/aromatic N) is 1. The molecule has 0 fully saturated rings. The molecule has 1 amide bonds. The minimum atomic E-state index is -1.26. The van der Waals surface area contributed by atoms with Crippen LogP contribution < -0.4 is 10.6 Å². The number of phenols is 1. The molecule has 100 valence electrons. The van der Waals surface area contributed by atoms with Crippen molar-refractivity contribution in [3.63, 3.8) is 0 Å². The Kier molecular flexibility index (Phi) is 3.65. The summed E-state index contributed by atoms with van der Waals surface area (Å²) in [6.45, 7) is 1.27. The number of amides is 1. The number of carboxylic acid groups (broad SMARTS) is 1. The number of carboxylic acids is 1. The summed E-state index contributed by atoms with van der Waals surface area (Å²) in [7, 11) is 0. The first-order valence-corrected chi connectivity index (χ1v) is 5.74. The van der Waals surface area contributed by atoms with Crippen LogP contribution in [0.1, 0.15) is 16.8 Å². The molecule has 0 aromatic heterocycles. The van der Waals surface area contributed by atoms with Crippen LogP contribution in [0.25, 0.3) is 0 Å². The highest BCUT2D eigenvalue weighted by molar-refractivity contribution is 6.42. The van der Waals surface area contributed by atoms with E-state index in [1.54, 1.807) is 0 Å². The fourth-order valence-corrected chi connectivity index (χ4v) is 1.66. The van der Waals surface area contributed by atoms with Crippen molar-refractivity contribution in [3.8, 4) is 5.75 Å². The topological polar surface area (TPSA) is 111 Å². The van der Waals surface area contributed by atoms with Gasteiger partial charge in [-0.1, -0.05) is 0 Å². The third kappa shape index (κ3) is 3.01. The molecule has 19 heavy (non-hydrogen) atoms. The third-order valence-electron chi connectivity index (χ3n) is 2.60. The van der Waals surface area contributed by atoms with Crippen molar-refractivity contribution < 1.29 is 19.8 Å². The number of aliphatic imine (C=N–C) groups is 1. The zero-order chi connectivity index (χ0) is 13.8. The normalized spacial score (nSPS) is 14.2. The summed E-state index contributed by atoms with van der Waals surface area (Å²) in [5, 5.41) is 23.6. The molecule has 1 aliphatic heterocycles. The summed E-state index contributed by atoms with van der Waals surface area (Å²) in [5.74, 6) is -1.81. The molecule has 0 spiro atoms. The van der Waals surface area contributed by atoms with Gasteiger partial charge in [-0.2, -0.15) is 0 Å². The van der Waals surface area contributed by atoms with E-state index in [-0.39, 0.29) is 22.8 Å². The van der Waals surface area contributed by atoms with Crippen LogP contribution in [0.15, 0.2) is 23.2 Å². The molecule has 0 atom stereocenters. The van der Waals surface area contributed by atoms with E-state index < -0.39 is 11.9 Å². The standard InChI is InChI=1S/C12H13N3O4/c16-9-3-2-7(6-8(9)12(18)19)15-11(17)10-13-4-1-5-14-10/h2-3,6,16H,1,4-5H2,(H,13,14)(H,15,17)(H,18,19). The number of hydrogen-bond acceptors (Lipinski definition) is 5. The number of benzene rings is 1. The van der Waals surface area contributed by atoms with Gasteiger partial charge < -0.3 is 20.8 Å². The Morgan fingerprint density at radius 2 is 2.16 bits per heavy atom. The van der Waals surface area contributed by atoms with E-state index in [0.29, 0.717) is 13.1 Å². The number of carbonyl (C=O) groups is 2. The fraction of sp³-hybridized carbons (Fsp3) is 0.250. The van der Waals surface area contributed by atoms with Crippen LogP contribution in [-0.2, 0) is 4.79 Å². The summed E-state index contributed by atoms with van der Waals surface area (Å²) in [4.78, 5) is 26.7. The van der Waals surface area contributed by atoms with Crippen LogP contribution >= 0.6 is 0 Å². The van der Waals surface area contributed by atoms with E-state index in [1.807, 2.05) is 0 Å². The third-order valence-corrected chi connectivity index (χ3v) is 2.60. The minimum Gasteiger partial charge on any atom is -0.507 e. The number of amidine groups is 1. The SMILES string of the molecule is O=C(Nc1ccc(O)c(C(=O)O)c1)C1=NCCCN1. The maximum absolute atomic E-state index is 11.8. The molecule has 1 aromatic carbocycles. The molecule has 0 radical (unpaired) electrons. The Morgan fingerprint density at radius 3 is 2.79 bits per heavy atom. The lowest BCUT2D eigenvalue weighted by Gasteiger charge is -2.14. The molecule has 0 saturated carbocycles. The van der Waals surface area contributed by atoms with Crippen molar-refractivity contribution in [2.24, 2.45) is 4.99 Å². The second-order valence-electron chi connectivity index (χ2n) is 4.00. The van der Waals surface area contributed by atoms with Gasteiger partial charge in [0.2, 0.25) is 0 Å². The Hall–Kier alpha value is -2.57. The lowest BCUT2D eigenvalue weighted by molar-refractivity contribution is -0.110. The molecule has 7 heteroatoms. The Labute approximate surface area is 109 Å². The molecule has 2 rings (SSSR count). The van der Waals surface area contributed by atoms with E-state index in [2.05, 4.69) is 15.6 Å². The van der Waals surface area contributed by atoms with Crippen LogP contribution in [-0.4, -0.2) is 41.0 Å². The summed E-state index contributed by atoms with van der Waals surface area (Å²) in [6, 6.07) is 3.83. The molecule has 4 N–H and O–H groups in total. The van der Waals surface area contributed by atoms with Gasteiger partial charge in [0.25, 0.3) is 5.91 Å². The minimum absolute atomic E-state index is 0.233. The lowest BCUT2D eigenvalue weighted by atomic mass is 10.2. The Morgan fingerprint density at radius 1 is 1.37 bits per heavy atom. The van der Waals surface area contributed by atoms with Gasteiger partial charge in [0.15, 0.2) is 5.84 Å². The second kappa shape index (κ2) is 5.38. The summed E-state index contributed by atoms with van der Waals surface area (Å²) < 4.78 is 0. The maximum Gasteiger partial charge on any atom is 0.339 e. The summed E-state index contributed by atoms with van der Waals surface area (Å²) in [5.41, 5.74) is 0.0200. The number of hydrogen-bond donors (Lipinski definition) is 4. The first kappa shape index (κ1) is 12.9. The molecule has 0 unspecified atom stereocenters. The van der Waals surface area contributed by atoms with Crippen LogP contribution in [0.5, 0.6) is 5.75 Å². The fourth-order valence-electron chi connectivity index (χ4n) is 1.66. The molecular formula is C12H13N3O4. The van der Waals surface area contributed by atoms with Crippen molar-refractivity contribution in [2.45, 2.75) is 6.42 Å². The number of carbonyl (C=O) groups excluding carboxylic acids is 1. The number of aromatic carboxylic acids is 1. The number of aromatic hydroxyl groups is 1. The van der Waals surface area contributed by atoms with Crippen LogP contribution in [0.4, 0.5) is 5.69 Å². The molecule has 0 bridgehead atoms. The second-order valence-corrected chi connectivity index (χ2v) is 4.00. The van der Waals surface area contributed by atoms with Crippen molar-refractivity contribution in [2.75, 3.05) is 18.4 Å². The molecular weight excluding hydrogens is 250 g/mol. The van der Waals surface area contributed by atoms with Gasteiger partial charge in [0.05, 0.1) is 0 Å². The zero-order valence-electron chi connectivity index (χ0n) is 10.0. The van der Waals surface area contributed by atoms with Crippen molar-refractivity contribution in [1.82, 2.24) is 5.32 Å². The highest BCUT2D eigenvalue weighted by Gasteiger charge is 2.15. The zero-order valence-corrected chi connectivity index (χ0v) is 10.0. The van der Waals surface area contributed by atoms with E-state index in [0.717, 1.165) is 6.42 Å². The quantitative estimate of drug-likeness (QED) is 0.591. The molecule has 1 aliphatic rings. The van der Waals surface area contributed by atoms with Gasteiger partial charge in [-0.25, -0.2) is 4.79 Å². The maximum atomic E-state index is 11.8. The number of rotatable bonds is 3. The van der Waals surface area contributed by atoms with Gasteiger partial charge in [0, 0.05) is 18.8 Å². The molecule has 0 saturated heterocycles. The van der Waals surface area contributed by atoms with Gasteiger partial charge in [-0.05, 0) is 24.6 Å². The van der Waals surface area contributed by atoms with Crippen LogP contribution in [0, 0.1) is 0 Å². The van der Waals surface area contributed by atoms with Crippen molar-refractivity contribution in [3.05, 3.63) is 23.8 Å². The number of anilines is 1. The highest BCUT2D eigenvalue weighted by atomic mass is 16.4. The predicted octanol–water partition coefficient (Wildman–Crippen LogP) is 0.421. The molecule has 1 aromatic rings. The number of nitrogens with one attached hydrogen (secondary N) is 2. The molecule has 7 nitrogen and oxygen atoms in total. The molecule has 0 aliphatic carbocycles. The van der Waals surface area contributed by atoms with Crippen molar-refractivity contribution in [1.29, 1.82) is 0 Å². The van der Waals surface area contributed by atoms with E-state index >= 15 is 0 Å². The van der Waals surface area contributed by atoms with Gasteiger partial charge >= 0.3 is 5.97 Å². The van der Waals surface area contributed by atoms with Crippen molar-refractivity contribution >= 4 is 23.4 Å². The van der Waals surface area contributed by atoms with Crippen LogP contribution in [0.3, 0.4) is 0 Å². The highest BCUT2D eigenvalue weighted by Crippen LogP contribution is 2.21. The van der Waals surface area contributed by atoms with Crippen LogP contribution in [0.2, 0.25) is 0 Å². The summed E-state index contributed by atoms with van der Waals surface area (Å²) >= 11 is 0. The van der Waals surface area contributed by atoms with E-state index in [4.69, 9.17) is 5.11 Å². The first-order chi connectivity index (χ1) is 9.08. The molecule has 1 heterocycles. The van der Waals surface area contributed by atoms with E-state index in [1.165, 1.54) is 18.2 Å². The van der Waals surface area contributed by atoms with Gasteiger partial charge in [-0.3, -0.25) is 9.79 Å². The largest absolute Gasteiger partial charge is 0.507 e. The Bertz CT molecular complexity index is 554. The Balaban J connectivity index is 2.15. The van der Waals surface area contributed by atoms with Gasteiger partial charge in [-0.15, -0.1) is 0 Å². The average molecular weight is 263 g/mol. The average Bonchev–Trinajstić information content (AvgIpc) is 2.41. The summed E-state index contributed by atoms with van der Waals surface area (Å²) in [6.07, 6.45) is 0.874. The smallest absolute Gasteiger partial charge is 0.339 e. The monoisotopic (exact) mass is 263 g/mol. The van der Waals surface area contributed by atoms with Gasteiger partial charge in [0.1, 0.15) is 11.3 Å². The first-order valence-electron chi connectivity index (χ1n) is 5.74. The van der Waals surface area contributed by atoms with E-state index in [9.17, 15) is 14.7 Å². The predicted molar refractivity (Wildman–Crippen MR) is 68.6 cm³/mol. The lowest BCUT2D eigenvalue weighted by Crippen LogP contribution is -2.39.